The van der Waals surface area contributed by atoms with E-state index in [0.29, 0.717) is 18.3 Å². The second-order valence-corrected chi connectivity index (χ2v) is 6.67. The van der Waals surface area contributed by atoms with Crippen LogP contribution < -0.4 is 5.32 Å². The molecule has 0 fully saturated rings. The Morgan fingerprint density at radius 1 is 1.33 bits per heavy atom. The summed E-state index contributed by atoms with van der Waals surface area (Å²) in [4.78, 5) is 4.43. The van der Waals surface area contributed by atoms with E-state index in [9.17, 15) is 0 Å². The molecule has 21 heavy (non-hydrogen) atoms. The van der Waals surface area contributed by atoms with Crippen molar-refractivity contribution in [3.8, 4) is 0 Å². The predicted molar refractivity (Wildman–Crippen MR) is 81.0 cm³/mol. The molecule has 2 unspecified atom stereocenters. The maximum absolute atomic E-state index is 5.29. The van der Waals surface area contributed by atoms with Gasteiger partial charge in [-0.15, -0.1) is 0 Å². The first-order chi connectivity index (χ1) is 9.77. The van der Waals surface area contributed by atoms with Crippen LogP contribution in [0.4, 0.5) is 0 Å². The fourth-order valence-electron chi connectivity index (χ4n) is 1.94. The Hall–Kier alpha value is -1.69. The highest BCUT2D eigenvalue weighted by Crippen LogP contribution is 2.19. The number of nitrogens with one attached hydrogen (secondary N) is 1. The summed E-state index contributed by atoms with van der Waals surface area (Å²) in [5, 5.41) is 11.8. The highest BCUT2D eigenvalue weighted by atomic mass is 16.5. The van der Waals surface area contributed by atoms with Crippen molar-refractivity contribution in [1.29, 1.82) is 0 Å². The molecule has 0 aliphatic carbocycles. The largest absolute Gasteiger partial charge is 0.339 e. The summed E-state index contributed by atoms with van der Waals surface area (Å²) in [5.74, 6) is 1.36. The lowest BCUT2D eigenvalue weighted by Crippen LogP contribution is -2.33. The van der Waals surface area contributed by atoms with Gasteiger partial charge >= 0.3 is 0 Å². The molecule has 1 N–H and O–H groups in total. The summed E-state index contributed by atoms with van der Waals surface area (Å²) in [7, 11) is 0. The molecule has 2 rings (SSSR count). The maximum Gasteiger partial charge on any atom is 0.232 e. The summed E-state index contributed by atoms with van der Waals surface area (Å²) >= 11 is 0. The second kappa shape index (κ2) is 5.97. The van der Waals surface area contributed by atoms with E-state index < -0.39 is 0 Å². The van der Waals surface area contributed by atoms with Crippen molar-refractivity contribution in [2.75, 3.05) is 0 Å². The predicted octanol–water partition coefficient (Wildman–Crippen LogP) is 2.61. The number of hydrogen-bond donors (Lipinski definition) is 1. The van der Waals surface area contributed by atoms with Crippen molar-refractivity contribution in [2.24, 2.45) is 0 Å². The van der Waals surface area contributed by atoms with Gasteiger partial charge in [-0.1, -0.05) is 25.9 Å². The number of rotatable bonds is 5. The zero-order valence-corrected chi connectivity index (χ0v) is 13.7. The molecule has 0 saturated carbocycles. The van der Waals surface area contributed by atoms with E-state index in [4.69, 9.17) is 4.52 Å². The van der Waals surface area contributed by atoms with Crippen LogP contribution in [-0.4, -0.2) is 26.0 Å². The number of aromatic nitrogens is 4. The molecule has 0 saturated heterocycles. The van der Waals surface area contributed by atoms with Gasteiger partial charge in [0.05, 0.1) is 18.8 Å². The Morgan fingerprint density at radius 2 is 2.05 bits per heavy atom. The van der Waals surface area contributed by atoms with Gasteiger partial charge in [-0.2, -0.15) is 10.1 Å². The summed E-state index contributed by atoms with van der Waals surface area (Å²) in [6.07, 6.45) is 3.92. The van der Waals surface area contributed by atoms with E-state index in [1.807, 2.05) is 17.8 Å². The third-order valence-corrected chi connectivity index (χ3v) is 3.56. The lowest BCUT2D eigenvalue weighted by molar-refractivity contribution is 0.315. The van der Waals surface area contributed by atoms with Crippen LogP contribution in [0.5, 0.6) is 0 Å². The topological polar surface area (TPSA) is 68.8 Å². The summed E-state index contributed by atoms with van der Waals surface area (Å²) in [6.45, 7) is 13.1. The first-order valence-electron chi connectivity index (χ1n) is 7.34. The van der Waals surface area contributed by atoms with Crippen molar-refractivity contribution in [3.05, 3.63) is 29.7 Å². The van der Waals surface area contributed by atoms with Crippen LogP contribution in [-0.2, 0) is 12.0 Å². The van der Waals surface area contributed by atoms with Gasteiger partial charge in [0.15, 0.2) is 5.82 Å². The standard InChI is InChI=1S/C15H25N5O/c1-10-7-17-20(9-10)12(3)11(2)16-8-13-18-14(21-19-13)15(4,5)6/h7,9,11-12,16H,8H2,1-6H3. The second-order valence-electron chi connectivity index (χ2n) is 6.67. The van der Waals surface area contributed by atoms with Crippen molar-refractivity contribution in [3.63, 3.8) is 0 Å². The first kappa shape index (κ1) is 15.7. The molecule has 2 aromatic rings. The molecule has 0 aromatic carbocycles. The van der Waals surface area contributed by atoms with E-state index in [-0.39, 0.29) is 17.5 Å². The Morgan fingerprint density at radius 3 is 2.57 bits per heavy atom. The van der Waals surface area contributed by atoms with Gasteiger partial charge < -0.3 is 9.84 Å². The smallest absolute Gasteiger partial charge is 0.232 e. The molecule has 0 bridgehead atoms. The average Bonchev–Trinajstić information content (AvgIpc) is 3.03. The lowest BCUT2D eigenvalue weighted by Gasteiger charge is -2.21. The number of nitrogens with zero attached hydrogens (tertiary/aromatic N) is 4. The van der Waals surface area contributed by atoms with Gasteiger partial charge in [-0.25, -0.2) is 0 Å². The van der Waals surface area contributed by atoms with E-state index in [2.05, 4.69) is 61.4 Å². The molecular formula is C15H25N5O. The summed E-state index contributed by atoms with van der Waals surface area (Å²) in [5.41, 5.74) is 1.05. The van der Waals surface area contributed by atoms with E-state index >= 15 is 0 Å². The van der Waals surface area contributed by atoms with Gasteiger partial charge in [-0.05, 0) is 26.3 Å². The van der Waals surface area contributed by atoms with Crippen LogP contribution in [0.1, 0.15) is 57.9 Å². The molecular weight excluding hydrogens is 266 g/mol. The van der Waals surface area contributed by atoms with Crippen molar-refractivity contribution < 1.29 is 4.52 Å². The molecule has 0 radical (unpaired) electrons. The molecule has 2 heterocycles. The lowest BCUT2D eigenvalue weighted by atomic mass is 9.97. The number of aryl methyl sites for hydroxylation is 1. The maximum atomic E-state index is 5.29. The highest BCUT2D eigenvalue weighted by molar-refractivity contribution is 5.01. The van der Waals surface area contributed by atoms with E-state index in [1.165, 1.54) is 5.56 Å². The molecule has 0 aliphatic rings. The molecule has 116 valence electrons. The van der Waals surface area contributed by atoms with Crippen molar-refractivity contribution in [2.45, 2.75) is 65.6 Å². The molecule has 2 atom stereocenters. The third-order valence-electron chi connectivity index (χ3n) is 3.56. The molecule has 2 aromatic heterocycles. The monoisotopic (exact) mass is 291 g/mol. The van der Waals surface area contributed by atoms with Gasteiger partial charge in [0.2, 0.25) is 5.89 Å². The van der Waals surface area contributed by atoms with Gasteiger partial charge in [-0.3, -0.25) is 4.68 Å². The zero-order chi connectivity index (χ0) is 15.6. The van der Waals surface area contributed by atoms with Crippen molar-refractivity contribution >= 4 is 0 Å². The summed E-state index contributed by atoms with van der Waals surface area (Å²) in [6, 6.07) is 0.508. The van der Waals surface area contributed by atoms with Gasteiger partial charge in [0.1, 0.15) is 0 Å². The fourth-order valence-corrected chi connectivity index (χ4v) is 1.94. The normalized spacial score (nSPS) is 15.1. The van der Waals surface area contributed by atoms with Crippen LogP contribution >= 0.6 is 0 Å². The SMILES string of the molecule is Cc1cnn(C(C)C(C)NCc2noc(C(C)(C)C)n2)c1. The third kappa shape index (κ3) is 3.91. The fraction of sp³-hybridized carbons (Fsp3) is 0.667. The molecule has 6 heteroatoms. The summed E-state index contributed by atoms with van der Waals surface area (Å²) < 4.78 is 7.27. The van der Waals surface area contributed by atoms with E-state index in [1.54, 1.807) is 0 Å². The molecule has 0 aliphatic heterocycles. The van der Waals surface area contributed by atoms with Crippen LogP contribution in [0.25, 0.3) is 0 Å². The molecule has 6 nitrogen and oxygen atoms in total. The van der Waals surface area contributed by atoms with Crippen LogP contribution in [0.2, 0.25) is 0 Å². The quantitative estimate of drug-likeness (QED) is 0.917. The van der Waals surface area contributed by atoms with Crippen molar-refractivity contribution in [1.82, 2.24) is 25.2 Å². The Bertz CT molecular complexity index is 581. The first-order valence-corrected chi connectivity index (χ1v) is 7.34. The van der Waals surface area contributed by atoms with Crippen LogP contribution in [0.15, 0.2) is 16.9 Å². The minimum absolute atomic E-state index is 0.114. The molecule has 0 spiro atoms. The van der Waals surface area contributed by atoms with Gasteiger partial charge in [0.25, 0.3) is 0 Å². The number of hydrogen-bond acceptors (Lipinski definition) is 5. The minimum atomic E-state index is -0.114. The van der Waals surface area contributed by atoms with Crippen LogP contribution in [0, 0.1) is 6.92 Å². The van der Waals surface area contributed by atoms with Gasteiger partial charge in [0, 0.05) is 17.7 Å². The highest BCUT2D eigenvalue weighted by Gasteiger charge is 2.22. The Kier molecular flexibility index (Phi) is 4.46. The molecule has 0 amide bonds. The minimum Gasteiger partial charge on any atom is -0.339 e. The zero-order valence-electron chi connectivity index (χ0n) is 13.7. The van der Waals surface area contributed by atoms with E-state index in [0.717, 1.165) is 0 Å². The average molecular weight is 291 g/mol. The Balaban J connectivity index is 1.92. The van der Waals surface area contributed by atoms with Crippen LogP contribution in [0.3, 0.4) is 0 Å². The Labute approximate surface area is 125 Å².